The number of alkyl halides is 3. The third kappa shape index (κ3) is 5.56. The first-order valence-corrected chi connectivity index (χ1v) is 11.1. The smallest absolute Gasteiger partial charge is 0.369 e. The lowest BCUT2D eigenvalue weighted by Gasteiger charge is -2.30. The molecule has 10 heteroatoms. The predicted octanol–water partition coefficient (Wildman–Crippen LogP) is 3.43. The van der Waals surface area contributed by atoms with E-state index in [1.807, 2.05) is 12.1 Å². The fourth-order valence-corrected chi connectivity index (χ4v) is 4.28. The Morgan fingerprint density at radius 1 is 1.06 bits per heavy atom. The van der Waals surface area contributed by atoms with Crippen LogP contribution < -0.4 is 11.1 Å². The van der Waals surface area contributed by atoms with Gasteiger partial charge < -0.3 is 20.5 Å². The number of benzene rings is 2. The zero-order valence-electron chi connectivity index (χ0n) is 18.5. The lowest BCUT2D eigenvalue weighted by Crippen LogP contribution is -2.39. The van der Waals surface area contributed by atoms with Gasteiger partial charge >= 0.3 is 6.18 Å². The van der Waals surface area contributed by atoms with Crippen LogP contribution in [-0.2, 0) is 28.7 Å². The van der Waals surface area contributed by atoms with Gasteiger partial charge in [-0.2, -0.15) is 13.2 Å². The second-order valence-corrected chi connectivity index (χ2v) is 8.52. The van der Waals surface area contributed by atoms with Crippen LogP contribution in [0, 0.1) is 5.92 Å². The molecule has 1 saturated heterocycles. The van der Waals surface area contributed by atoms with Crippen LogP contribution in [0.1, 0.15) is 24.2 Å². The molecule has 0 aliphatic carbocycles. The van der Waals surface area contributed by atoms with Crippen molar-refractivity contribution in [1.29, 1.82) is 0 Å². The molecule has 2 amide bonds. The molecule has 180 valence electrons. The summed E-state index contributed by atoms with van der Waals surface area (Å²) in [4.78, 5) is 29.8. The van der Waals surface area contributed by atoms with Gasteiger partial charge in [-0.05, 0) is 62.2 Å². The Kier molecular flexibility index (Phi) is 6.87. The molecular formula is C24H26F3N5O2. The van der Waals surface area contributed by atoms with Crippen molar-refractivity contribution in [1.82, 2.24) is 14.5 Å². The van der Waals surface area contributed by atoms with E-state index in [1.54, 1.807) is 24.3 Å². The van der Waals surface area contributed by atoms with Gasteiger partial charge in [0.15, 0.2) is 0 Å². The standard InChI is InChI=1S/C24H26F3N5O2/c25-24(26,27)23-30-19-3-1-2-4-20(19)32(23)15-21(33)29-18-7-5-16(6-8-18)9-12-31-13-10-17(11-14-31)22(28)34/h1-8,17H,9-15H2,(H2,28,34)(H,29,33). The van der Waals surface area contributed by atoms with Crippen molar-refractivity contribution < 1.29 is 22.8 Å². The Bertz CT molecular complexity index is 1170. The van der Waals surface area contributed by atoms with E-state index in [2.05, 4.69) is 15.2 Å². The molecule has 7 nitrogen and oxygen atoms in total. The molecule has 0 spiro atoms. The van der Waals surface area contributed by atoms with Crippen molar-refractivity contribution in [2.75, 3.05) is 25.0 Å². The van der Waals surface area contributed by atoms with E-state index in [0.717, 1.165) is 49.0 Å². The van der Waals surface area contributed by atoms with Gasteiger partial charge in [-0.3, -0.25) is 9.59 Å². The van der Waals surface area contributed by atoms with Gasteiger partial charge in [0.1, 0.15) is 6.54 Å². The van der Waals surface area contributed by atoms with Crippen molar-refractivity contribution >= 4 is 28.5 Å². The van der Waals surface area contributed by atoms with Crippen LogP contribution in [0.25, 0.3) is 11.0 Å². The number of anilines is 1. The summed E-state index contributed by atoms with van der Waals surface area (Å²) in [5.41, 5.74) is 7.40. The van der Waals surface area contributed by atoms with Gasteiger partial charge in [0.2, 0.25) is 17.6 Å². The number of amides is 2. The number of nitrogens with two attached hydrogens (primary N) is 1. The summed E-state index contributed by atoms with van der Waals surface area (Å²) in [7, 11) is 0. The number of hydrogen-bond donors (Lipinski definition) is 2. The summed E-state index contributed by atoms with van der Waals surface area (Å²) >= 11 is 0. The number of para-hydroxylation sites is 2. The average Bonchev–Trinajstić information content (AvgIpc) is 3.18. The number of carbonyl (C=O) groups excluding carboxylic acids is 2. The van der Waals surface area contributed by atoms with Gasteiger partial charge in [0.05, 0.1) is 11.0 Å². The highest BCUT2D eigenvalue weighted by Crippen LogP contribution is 2.31. The summed E-state index contributed by atoms with van der Waals surface area (Å²) < 4.78 is 41.2. The van der Waals surface area contributed by atoms with Gasteiger partial charge in [0.25, 0.3) is 0 Å². The van der Waals surface area contributed by atoms with Crippen molar-refractivity contribution in [3.63, 3.8) is 0 Å². The first-order valence-electron chi connectivity index (χ1n) is 11.1. The quantitative estimate of drug-likeness (QED) is 0.550. The zero-order valence-corrected chi connectivity index (χ0v) is 18.5. The molecule has 2 heterocycles. The van der Waals surface area contributed by atoms with Crippen LogP contribution in [0.15, 0.2) is 48.5 Å². The second-order valence-electron chi connectivity index (χ2n) is 8.52. The number of piperidine rings is 1. The van der Waals surface area contributed by atoms with E-state index in [1.165, 1.54) is 12.1 Å². The van der Waals surface area contributed by atoms with Crippen LogP contribution in [0.5, 0.6) is 0 Å². The number of hydrogen-bond acceptors (Lipinski definition) is 4. The molecule has 0 atom stereocenters. The van der Waals surface area contributed by atoms with Gasteiger partial charge in [-0.15, -0.1) is 0 Å². The summed E-state index contributed by atoms with van der Waals surface area (Å²) in [5.74, 6) is -1.93. The Balaban J connectivity index is 1.34. The Hall–Kier alpha value is -3.40. The fraction of sp³-hybridized carbons (Fsp3) is 0.375. The monoisotopic (exact) mass is 473 g/mol. The maximum atomic E-state index is 13.4. The lowest BCUT2D eigenvalue weighted by atomic mass is 9.96. The van der Waals surface area contributed by atoms with Crippen LogP contribution in [0.4, 0.5) is 18.9 Å². The fourth-order valence-electron chi connectivity index (χ4n) is 4.28. The normalized spacial score (nSPS) is 15.5. The maximum Gasteiger partial charge on any atom is 0.449 e. The molecule has 3 aromatic rings. The number of nitrogens with one attached hydrogen (secondary N) is 1. The summed E-state index contributed by atoms with van der Waals surface area (Å²) in [5, 5.41) is 2.66. The number of rotatable bonds is 7. The molecule has 4 rings (SSSR count). The zero-order chi connectivity index (χ0) is 24.3. The SMILES string of the molecule is NC(=O)C1CCN(CCc2ccc(NC(=O)Cn3c(C(F)(F)F)nc4ccccc43)cc2)CC1. The maximum absolute atomic E-state index is 13.4. The average molecular weight is 473 g/mol. The molecule has 0 bridgehead atoms. The van der Waals surface area contributed by atoms with E-state index in [4.69, 9.17) is 5.73 Å². The van der Waals surface area contributed by atoms with Crippen molar-refractivity contribution in [3.05, 3.63) is 59.9 Å². The van der Waals surface area contributed by atoms with Crippen molar-refractivity contribution in [2.45, 2.75) is 32.0 Å². The van der Waals surface area contributed by atoms with E-state index in [-0.39, 0.29) is 22.9 Å². The first-order chi connectivity index (χ1) is 16.2. The molecule has 2 aromatic carbocycles. The minimum Gasteiger partial charge on any atom is -0.369 e. The van der Waals surface area contributed by atoms with Crippen LogP contribution in [-0.4, -0.2) is 45.9 Å². The third-order valence-electron chi connectivity index (χ3n) is 6.15. The van der Waals surface area contributed by atoms with Crippen LogP contribution in [0.3, 0.4) is 0 Å². The number of likely N-dealkylation sites (tertiary alicyclic amines) is 1. The minimum absolute atomic E-state index is 0.0355. The molecule has 0 unspecified atom stereocenters. The highest BCUT2D eigenvalue weighted by molar-refractivity contribution is 5.91. The molecule has 1 aromatic heterocycles. The van der Waals surface area contributed by atoms with E-state index < -0.39 is 24.5 Å². The topological polar surface area (TPSA) is 93.3 Å². The number of aromatic nitrogens is 2. The van der Waals surface area contributed by atoms with Crippen LogP contribution >= 0.6 is 0 Å². The van der Waals surface area contributed by atoms with E-state index >= 15 is 0 Å². The Morgan fingerprint density at radius 2 is 1.74 bits per heavy atom. The Labute approximate surface area is 194 Å². The molecule has 1 aliphatic rings. The number of fused-ring (bicyclic) bond motifs is 1. The molecule has 3 N–H and O–H groups in total. The molecule has 1 fully saturated rings. The molecule has 1 aliphatic heterocycles. The highest BCUT2D eigenvalue weighted by Gasteiger charge is 2.38. The predicted molar refractivity (Wildman–Crippen MR) is 122 cm³/mol. The Morgan fingerprint density at radius 3 is 2.38 bits per heavy atom. The van der Waals surface area contributed by atoms with Gasteiger partial charge in [-0.25, -0.2) is 4.98 Å². The third-order valence-corrected chi connectivity index (χ3v) is 6.15. The number of nitrogens with zero attached hydrogens (tertiary/aromatic N) is 3. The molecule has 34 heavy (non-hydrogen) atoms. The minimum atomic E-state index is -4.67. The second kappa shape index (κ2) is 9.84. The van der Waals surface area contributed by atoms with Crippen molar-refractivity contribution in [3.8, 4) is 0 Å². The summed E-state index contributed by atoms with van der Waals surface area (Å²) in [6, 6.07) is 13.5. The highest BCUT2D eigenvalue weighted by atomic mass is 19.4. The van der Waals surface area contributed by atoms with Gasteiger partial charge in [0, 0.05) is 18.2 Å². The van der Waals surface area contributed by atoms with E-state index in [0.29, 0.717) is 5.69 Å². The molecular weight excluding hydrogens is 447 g/mol. The molecule has 0 saturated carbocycles. The number of carbonyl (C=O) groups is 2. The van der Waals surface area contributed by atoms with E-state index in [9.17, 15) is 22.8 Å². The molecule has 0 radical (unpaired) electrons. The lowest BCUT2D eigenvalue weighted by molar-refractivity contribution is -0.147. The first kappa shape index (κ1) is 23.7. The summed E-state index contributed by atoms with van der Waals surface area (Å²) in [6.07, 6.45) is -2.30. The number of halogens is 3. The number of imidazole rings is 1. The summed E-state index contributed by atoms with van der Waals surface area (Å²) in [6.45, 7) is 2.03. The van der Waals surface area contributed by atoms with Gasteiger partial charge in [-0.1, -0.05) is 24.3 Å². The van der Waals surface area contributed by atoms with Crippen molar-refractivity contribution in [2.24, 2.45) is 11.7 Å². The van der Waals surface area contributed by atoms with Crippen LogP contribution in [0.2, 0.25) is 0 Å². The number of primary amides is 1. The largest absolute Gasteiger partial charge is 0.449 e.